The van der Waals surface area contributed by atoms with Crippen LogP contribution in [0.3, 0.4) is 0 Å². The molecule has 8 nitrogen and oxygen atoms in total. The van der Waals surface area contributed by atoms with Crippen molar-refractivity contribution in [1.29, 1.82) is 0 Å². The summed E-state index contributed by atoms with van der Waals surface area (Å²) in [5, 5.41) is 5.24. The Labute approximate surface area is 181 Å². The summed E-state index contributed by atoms with van der Waals surface area (Å²) in [5.74, 6) is -1.35. The second-order valence-electron chi connectivity index (χ2n) is 7.41. The minimum atomic E-state index is -3.66. The largest absolute Gasteiger partial charge is 0.347 e. The lowest BCUT2D eigenvalue weighted by atomic mass is 9.99. The third-order valence-electron chi connectivity index (χ3n) is 5.13. The topological polar surface area (TPSA) is 113 Å². The van der Waals surface area contributed by atoms with E-state index in [2.05, 4.69) is 10.6 Å². The lowest BCUT2D eigenvalue weighted by Crippen LogP contribution is -2.46. The van der Waals surface area contributed by atoms with E-state index in [9.17, 15) is 22.8 Å². The van der Waals surface area contributed by atoms with E-state index in [-0.39, 0.29) is 29.7 Å². The Morgan fingerprint density at radius 2 is 1.71 bits per heavy atom. The number of nitrogens with one attached hydrogen (secondary N) is 2. The number of carbonyl (C=O) groups is 3. The number of hydrogen-bond donors (Lipinski definition) is 2. The van der Waals surface area contributed by atoms with Crippen molar-refractivity contribution in [2.75, 3.05) is 25.0 Å². The van der Waals surface area contributed by atoms with E-state index >= 15 is 0 Å². The molecule has 0 saturated carbocycles. The highest BCUT2D eigenvalue weighted by molar-refractivity contribution is 7.89. The molecule has 2 amide bonds. The van der Waals surface area contributed by atoms with Gasteiger partial charge in [-0.2, -0.15) is 4.31 Å². The van der Waals surface area contributed by atoms with E-state index in [1.165, 1.54) is 23.4 Å². The number of nitrogens with zero attached hydrogens (tertiary/aromatic N) is 1. The summed E-state index contributed by atoms with van der Waals surface area (Å²) in [7, 11) is -3.66. The Bertz CT molecular complexity index is 1050. The van der Waals surface area contributed by atoms with Crippen molar-refractivity contribution in [2.24, 2.45) is 5.92 Å². The van der Waals surface area contributed by atoms with Gasteiger partial charge in [-0.25, -0.2) is 8.42 Å². The van der Waals surface area contributed by atoms with Gasteiger partial charge in [0.1, 0.15) is 0 Å². The van der Waals surface area contributed by atoms with Crippen LogP contribution in [0, 0.1) is 5.92 Å². The summed E-state index contributed by atoms with van der Waals surface area (Å²) in [6.07, 6.45) is 1.12. The molecule has 31 heavy (non-hydrogen) atoms. The van der Waals surface area contributed by atoms with Crippen molar-refractivity contribution in [3.05, 3.63) is 60.2 Å². The summed E-state index contributed by atoms with van der Waals surface area (Å²) >= 11 is 0. The van der Waals surface area contributed by atoms with Crippen molar-refractivity contribution < 1.29 is 22.8 Å². The van der Waals surface area contributed by atoms with Crippen LogP contribution >= 0.6 is 0 Å². The third-order valence-corrected chi connectivity index (χ3v) is 7.01. The van der Waals surface area contributed by atoms with E-state index < -0.39 is 21.8 Å². The summed E-state index contributed by atoms with van der Waals surface area (Å²) in [4.78, 5) is 36.2. The maximum atomic E-state index is 12.8. The van der Waals surface area contributed by atoms with Gasteiger partial charge in [0.15, 0.2) is 5.78 Å². The van der Waals surface area contributed by atoms with Gasteiger partial charge in [-0.05, 0) is 56.2 Å². The molecule has 9 heteroatoms. The van der Waals surface area contributed by atoms with Crippen LogP contribution in [-0.2, 0) is 19.6 Å². The minimum Gasteiger partial charge on any atom is -0.347 e. The number of Topliss-reactive ketones (excluding diaryl/α,β-unsaturated/α-hetero) is 1. The fraction of sp³-hybridized carbons (Fsp3) is 0.318. The van der Waals surface area contributed by atoms with Crippen molar-refractivity contribution in [3.8, 4) is 0 Å². The standard InChI is InChI=1S/C22H25N3O5S/c1-16(26)17-9-11-19(12-10-17)24-21(27)14-23-22(28)18-6-5-13-25(15-18)31(29,30)20-7-3-2-4-8-20/h2-4,7-12,18H,5-6,13-15H2,1H3,(H,23,28)(H,24,27)/t18-/m1/s1. The molecular formula is C22H25N3O5S. The molecule has 2 aromatic carbocycles. The zero-order valence-corrected chi connectivity index (χ0v) is 18.0. The molecule has 0 aromatic heterocycles. The second-order valence-corrected chi connectivity index (χ2v) is 9.35. The Balaban J connectivity index is 1.53. The van der Waals surface area contributed by atoms with Crippen molar-refractivity contribution in [2.45, 2.75) is 24.7 Å². The average Bonchev–Trinajstić information content (AvgIpc) is 2.78. The normalized spacial score (nSPS) is 17.0. The molecule has 0 radical (unpaired) electrons. The predicted octanol–water partition coefficient (Wildman–Crippen LogP) is 2.04. The summed E-state index contributed by atoms with van der Waals surface area (Å²) in [5.41, 5.74) is 1.06. The van der Waals surface area contributed by atoms with Crippen LogP contribution in [0.4, 0.5) is 5.69 Å². The molecule has 0 unspecified atom stereocenters. The first-order chi connectivity index (χ1) is 14.8. The first kappa shape index (κ1) is 22.6. The van der Waals surface area contributed by atoms with E-state index in [1.54, 1.807) is 42.5 Å². The van der Waals surface area contributed by atoms with E-state index in [0.29, 0.717) is 30.6 Å². The molecule has 1 aliphatic rings. The lowest BCUT2D eigenvalue weighted by Gasteiger charge is -2.31. The van der Waals surface area contributed by atoms with Gasteiger partial charge in [-0.1, -0.05) is 18.2 Å². The predicted molar refractivity (Wildman–Crippen MR) is 116 cm³/mol. The van der Waals surface area contributed by atoms with Crippen LogP contribution in [0.5, 0.6) is 0 Å². The van der Waals surface area contributed by atoms with Crippen molar-refractivity contribution in [3.63, 3.8) is 0 Å². The van der Waals surface area contributed by atoms with Gasteiger partial charge in [-0.3, -0.25) is 14.4 Å². The second kappa shape index (κ2) is 9.84. The fourth-order valence-corrected chi connectivity index (χ4v) is 4.97. The summed E-state index contributed by atoms with van der Waals surface area (Å²) in [6.45, 7) is 1.67. The maximum Gasteiger partial charge on any atom is 0.243 e. The average molecular weight is 444 g/mol. The zero-order valence-electron chi connectivity index (χ0n) is 17.2. The third kappa shape index (κ3) is 5.77. The number of hydrogen-bond acceptors (Lipinski definition) is 5. The van der Waals surface area contributed by atoms with E-state index in [0.717, 1.165) is 0 Å². The number of ketones is 1. The van der Waals surface area contributed by atoms with Crippen LogP contribution in [0.2, 0.25) is 0 Å². The molecule has 0 bridgehead atoms. The molecule has 1 heterocycles. The molecule has 1 fully saturated rings. The van der Waals surface area contributed by atoms with Crippen LogP contribution in [0.15, 0.2) is 59.5 Å². The fourth-order valence-electron chi connectivity index (χ4n) is 3.42. The number of anilines is 1. The van der Waals surface area contributed by atoms with Gasteiger partial charge in [0, 0.05) is 24.3 Å². The van der Waals surface area contributed by atoms with Gasteiger partial charge >= 0.3 is 0 Å². The van der Waals surface area contributed by atoms with E-state index in [1.807, 2.05) is 0 Å². The van der Waals surface area contributed by atoms with Crippen molar-refractivity contribution in [1.82, 2.24) is 9.62 Å². The molecular weight excluding hydrogens is 418 g/mol. The first-order valence-corrected chi connectivity index (χ1v) is 11.4. The number of rotatable bonds is 7. The van der Waals surface area contributed by atoms with Crippen LogP contribution in [-0.4, -0.2) is 50.0 Å². The number of amides is 2. The molecule has 3 rings (SSSR count). The summed E-state index contributed by atoms with van der Waals surface area (Å²) in [6, 6.07) is 14.6. The van der Waals surface area contributed by atoms with Gasteiger partial charge in [-0.15, -0.1) is 0 Å². The van der Waals surface area contributed by atoms with E-state index in [4.69, 9.17) is 0 Å². The number of sulfonamides is 1. The number of carbonyl (C=O) groups excluding carboxylic acids is 3. The summed E-state index contributed by atoms with van der Waals surface area (Å²) < 4.78 is 26.9. The van der Waals surface area contributed by atoms with Crippen LogP contribution in [0.25, 0.3) is 0 Å². The number of piperidine rings is 1. The first-order valence-electron chi connectivity index (χ1n) is 10.0. The van der Waals surface area contributed by atoms with Gasteiger partial charge in [0.25, 0.3) is 0 Å². The smallest absolute Gasteiger partial charge is 0.243 e. The highest BCUT2D eigenvalue weighted by Gasteiger charge is 2.33. The monoisotopic (exact) mass is 443 g/mol. The lowest BCUT2D eigenvalue weighted by molar-refractivity contribution is -0.128. The molecule has 164 valence electrons. The SMILES string of the molecule is CC(=O)c1ccc(NC(=O)CNC(=O)[C@@H]2CCCN(S(=O)(=O)c3ccccc3)C2)cc1. The molecule has 0 spiro atoms. The minimum absolute atomic E-state index is 0.0686. The van der Waals surface area contributed by atoms with Crippen LogP contribution in [0.1, 0.15) is 30.1 Å². The van der Waals surface area contributed by atoms with Gasteiger partial charge < -0.3 is 10.6 Å². The highest BCUT2D eigenvalue weighted by Crippen LogP contribution is 2.23. The maximum absolute atomic E-state index is 12.8. The number of benzene rings is 2. The Kier molecular flexibility index (Phi) is 7.19. The molecule has 1 saturated heterocycles. The van der Waals surface area contributed by atoms with Gasteiger partial charge in [0.05, 0.1) is 17.4 Å². The zero-order chi connectivity index (χ0) is 22.4. The molecule has 2 N–H and O–H groups in total. The molecule has 0 aliphatic carbocycles. The Hall–Kier alpha value is -3.04. The van der Waals surface area contributed by atoms with Crippen molar-refractivity contribution >= 4 is 33.3 Å². The van der Waals surface area contributed by atoms with Crippen LogP contribution < -0.4 is 10.6 Å². The molecule has 2 aromatic rings. The molecule has 1 aliphatic heterocycles. The van der Waals surface area contributed by atoms with Gasteiger partial charge in [0.2, 0.25) is 21.8 Å². The quantitative estimate of drug-likeness (QED) is 0.636. The Morgan fingerprint density at radius 1 is 1.03 bits per heavy atom. The highest BCUT2D eigenvalue weighted by atomic mass is 32.2. The Morgan fingerprint density at radius 3 is 2.35 bits per heavy atom. The molecule has 1 atom stereocenters.